The van der Waals surface area contributed by atoms with Crippen LogP contribution in [0.5, 0.6) is 0 Å². The number of pyridine rings is 1. The fraction of sp³-hybridized carbons (Fsp3) is 0.643. The molecule has 0 aromatic carbocycles. The lowest BCUT2D eigenvalue weighted by molar-refractivity contribution is -0.0328. The van der Waals surface area contributed by atoms with Crippen LogP contribution < -0.4 is 5.32 Å². The minimum absolute atomic E-state index is 0.337. The second-order valence-corrected chi connectivity index (χ2v) is 5.20. The van der Waals surface area contributed by atoms with Crippen LogP contribution >= 0.6 is 11.6 Å². The standard InChI is InChI=1S/C14H22ClN3O/c1-3-11-9-18(7-8-19-11)10-13-12(15)5-6-14(17-13)16-4-2/h5-6,11H,3-4,7-10H2,1-2H3,(H,16,17). The number of halogens is 1. The van der Waals surface area contributed by atoms with Gasteiger partial charge in [-0.1, -0.05) is 18.5 Å². The predicted octanol–water partition coefficient (Wildman–Crippen LogP) is 2.78. The van der Waals surface area contributed by atoms with Crippen LogP contribution in [0.25, 0.3) is 0 Å². The minimum atomic E-state index is 0.337. The average Bonchev–Trinajstić information content (AvgIpc) is 2.43. The van der Waals surface area contributed by atoms with Gasteiger partial charge in [-0.05, 0) is 25.5 Å². The fourth-order valence-corrected chi connectivity index (χ4v) is 2.42. The van der Waals surface area contributed by atoms with E-state index in [0.29, 0.717) is 6.10 Å². The maximum Gasteiger partial charge on any atom is 0.126 e. The molecule has 0 aliphatic carbocycles. The number of ether oxygens (including phenoxy) is 1. The Bertz CT molecular complexity index is 414. The van der Waals surface area contributed by atoms with Gasteiger partial charge in [-0.3, -0.25) is 4.90 Å². The lowest BCUT2D eigenvalue weighted by Crippen LogP contribution is -2.41. The lowest BCUT2D eigenvalue weighted by atomic mass is 10.2. The summed E-state index contributed by atoms with van der Waals surface area (Å²) in [6.07, 6.45) is 1.39. The topological polar surface area (TPSA) is 37.4 Å². The van der Waals surface area contributed by atoms with E-state index < -0.39 is 0 Å². The minimum Gasteiger partial charge on any atom is -0.376 e. The summed E-state index contributed by atoms with van der Waals surface area (Å²) in [6, 6.07) is 3.84. The molecule has 0 bridgehead atoms. The van der Waals surface area contributed by atoms with Gasteiger partial charge in [0.1, 0.15) is 5.82 Å². The van der Waals surface area contributed by atoms with Crippen LogP contribution in [0.4, 0.5) is 5.82 Å². The first-order valence-corrected chi connectivity index (χ1v) is 7.34. The van der Waals surface area contributed by atoms with Gasteiger partial charge in [0.05, 0.1) is 23.4 Å². The molecule has 1 atom stereocenters. The summed E-state index contributed by atoms with van der Waals surface area (Å²) >= 11 is 6.24. The van der Waals surface area contributed by atoms with Crippen molar-refractivity contribution in [1.82, 2.24) is 9.88 Å². The van der Waals surface area contributed by atoms with E-state index in [4.69, 9.17) is 16.3 Å². The van der Waals surface area contributed by atoms with Gasteiger partial charge < -0.3 is 10.1 Å². The molecule has 5 heteroatoms. The number of nitrogens with zero attached hydrogens (tertiary/aromatic N) is 2. The Kier molecular flexibility index (Phi) is 5.43. The monoisotopic (exact) mass is 283 g/mol. The predicted molar refractivity (Wildman–Crippen MR) is 78.7 cm³/mol. The molecule has 1 fully saturated rings. The summed E-state index contributed by atoms with van der Waals surface area (Å²) in [5.41, 5.74) is 0.942. The molecule has 0 saturated carbocycles. The van der Waals surface area contributed by atoms with Gasteiger partial charge in [0.2, 0.25) is 0 Å². The zero-order valence-electron chi connectivity index (χ0n) is 11.7. The van der Waals surface area contributed by atoms with Gasteiger partial charge in [0.15, 0.2) is 0 Å². The zero-order chi connectivity index (χ0) is 13.7. The van der Waals surface area contributed by atoms with Crippen LogP contribution in [0.3, 0.4) is 0 Å². The largest absolute Gasteiger partial charge is 0.376 e. The van der Waals surface area contributed by atoms with E-state index in [1.165, 1.54) is 0 Å². The van der Waals surface area contributed by atoms with E-state index in [9.17, 15) is 0 Å². The van der Waals surface area contributed by atoms with Crippen molar-refractivity contribution in [2.45, 2.75) is 32.9 Å². The Labute approximate surface area is 120 Å². The molecule has 1 N–H and O–H groups in total. The Hall–Kier alpha value is -0.840. The molecule has 106 valence electrons. The van der Waals surface area contributed by atoms with Gasteiger partial charge >= 0.3 is 0 Å². The number of hydrogen-bond acceptors (Lipinski definition) is 4. The Balaban J connectivity index is 2.03. The van der Waals surface area contributed by atoms with E-state index in [1.807, 2.05) is 12.1 Å². The van der Waals surface area contributed by atoms with Crippen molar-refractivity contribution in [3.63, 3.8) is 0 Å². The van der Waals surface area contributed by atoms with E-state index in [1.54, 1.807) is 0 Å². The van der Waals surface area contributed by atoms with E-state index in [-0.39, 0.29) is 0 Å². The first kappa shape index (κ1) is 14.6. The van der Waals surface area contributed by atoms with Crippen molar-refractivity contribution in [1.29, 1.82) is 0 Å². The Morgan fingerprint density at radius 1 is 1.47 bits per heavy atom. The highest BCUT2D eigenvalue weighted by atomic mass is 35.5. The third-order valence-corrected chi connectivity index (χ3v) is 3.67. The van der Waals surface area contributed by atoms with Crippen molar-refractivity contribution < 1.29 is 4.74 Å². The molecule has 1 aliphatic rings. The number of rotatable bonds is 5. The first-order chi connectivity index (χ1) is 9.22. The Morgan fingerprint density at radius 3 is 3.05 bits per heavy atom. The molecule has 0 spiro atoms. The molecule has 0 radical (unpaired) electrons. The van der Waals surface area contributed by atoms with Crippen molar-refractivity contribution in [2.75, 3.05) is 31.6 Å². The van der Waals surface area contributed by atoms with Gasteiger partial charge in [0.25, 0.3) is 0 Å². The molecule has 2 heterocycles. The zero-order valence-corrected chi connectivity index (χ0v) is 12.4. The highest BCUT2D eigenvalue weighted by Crippen LogP contribution is 2.20. The highest BCUT2D eigenvalue weighted by molar-refractivity contribution is 6.31. The molecule has 0 amide bonds. The molecule has 1 aromatic rings. The first-order valence-electron chi connectivity index (χ1n) is 6.96. The fourth-order valence-electron chi connectivity index (χ4n) is 2.26. The molecular weight excluding hydrogens is 262 g/mol. The summed E-state index contributed by atoms with van der Waals surface area (Å²) < 4.78 is 5.68. The normalized spacial score (nSPS) is 20.5. The molecule has 1 aliphatic heterocycles. The molecule has 1 unspecified atom stereocenters. The van der Waals surface area contributed by atoms with Crippen LogP contribution in [0.2, 0.25) is 5.02 Å². The quantitative estimate of drug-likeness (QED) is 0.902. The van der Waals surface area contributed by atoms with Gasteiger partial charge in [0, 0.05) is 26.2 Å². The maximum absolute atomic E-state index is 6.24. The van der Waals surface area contributed by atoms with E-state index in [2.05, 4.69) is 29.0 Å². The van der Waals surface area contributed by atoms with E-state index >= 15 is 0 Å². The lowest BCUT2D eigenvalue weighted by Gasteiger charge is -2.32. The third-order valence-electron chi connectivity index (χ3n) is 3.33. The third kappa shape index (κ3) is 4.06. The van der Waals surface area contributed by atoms with Crippen LogP contribution in [0.15, 0.2) is 12.1 Å². The van der Waals surface area contributed by atoms with Gasteiger partial charge in [-0.25, -0.2) is 4.98 Å². The highest BCUT2D eigenvalue weighted by Gasteiger charge is 2.20. The number of nitrogens with one attached hydrogen (secondary N) is 1. The molecular formula is C14H22ClN3O. The van der Waals surface area contributed by atoms with Crippen molar-refractivity contribution in [3.8, 4) is 0 Å². The number of hydrogen-bond donors (Lipinski definition) is 1. The smallest absolute Gasteiger partial charge is 0.126 e. The summed E-state index contributed by atoms with van der Waals surface area (Å²) in [6.45, 7) is 8.57. The van der Waals surface area contributed by atoms with Gasteiger partial charge in [-0.2, -0.15) is 0 Å². The Morgan fingerprint density at radius 2 is 2.32 bits per heavy atom. The van der Waals surface area contributed by atoms with Crippen LogP contribution in [0.1, 0.15) is 26.0 Å². The molecule has 19 heavy (non-hydrogen) atoms. The van der Waals surface area contributed by atoms with Crippen LogP contribution in [-0.4, -0.2) is 42.2 Å². The summed E-state index contributed by atoms with van der Waals surface area (Å²) in [4.78, 5) is 6.94. The number of aromatic nitrogens is 1. The van der Waals surface area contributed by atoms with Crippen LogP contribution in [0, 0.1) is 0 Å². The summed E-state index contributed by atoms with van der Waals surface area (Å²) in [5, 5.41) is 3.96. The van der Waals surface area contributed by atoms with Crippen molar-refractivity contribution >= 4 is 17.4 Å². The number of morpholine rings is 1. The maximum atomic E-state index is 6.24. The second kappa shape index (κ2) is 7.08. The van der Waals surface area contributed by atoms with Gasteiger partial charge in [-0.15, -0.1) is 0 Å². The van der Waals surface area contributed by atoms with Crippen LogP contribution in [-0.2, 0) is 11.3 Å². The SMILES string of the molecule is CCNc1ccc(Cl)c(CN2CCOC(CC)C2)n1. The van der Waals surface area contributed by atoms with Crippen molar-refractivity contribution in [2.24, 2.45) is 0 Å². The van der Waals surface area contributed by atoms with E-state index in [0.717, 1.165) is 55.7 Å². The summed E-state index contributed by atoms with van der Waals surface area (Å²) in [7, 11) is 0. The second-order valence-electron chi connectivity index (χ2n) is 4.79. The molecule has 2 rings (SSSR count). The molecule has 4 nitrogen and oxygen atoms in total. The molecule has 1 saturated heterocycles. The number of anilines is 1. The molecule has 1 aromatic heterocycles. The average molecular weight is 284 g/mol. The summed E-state index contributed by atoms with van der Waals surface area (Å²) in [5.74, 6) is 0.891. The van der Waals surface area contributed by atoms with Crippen molar-refractivity contribution in [3.05, 3.63) is 22.8 Å².